The van der Waals surface area contributed by atoms with Crippen molar-refractivity contribution in [1.29, 1.82) is 0 Å². The summed E-state index contributed by atoms with van der Waals surface area (Å²) >= 11 is 0. The fraction of sp³-hybridized carbons (Fsp3) is 0.389. The van der Waals surface area contributed by atoms with Gasteiger partial charge in [0.15, 0.2) is 0 Å². The van der Waals surface area contributed by atoms with E-state index in [1.165, 1.54) is 5.56 Å². The van der Waals surface area contributed by atoms with Crippen LogP contribution in [0.3, 0.4) is 0 Å². The van der Waals surface area contributed by atoms with Gasteiger partial charge in [-0.1, -0.05) is 30.3 Å². The van der Waals surface area contributed by atoms with Crippen LogP contribution in [0.2, 0.25) is 0 Å². The Morgan fingerprint density at radius 1 is 1.19 bits per heavy atom. The molecule has 3 unspecified atom stereocenters. The van der Waals surface area contributed by atoms with Crippen LogP contribution < -0.4 is 4.74 Å². The molecule has 0 amide bonds. The molecular weight excluding hydrogens is 262 g/mol. The van der Waals surface area contributed by atoms with Gasteiger partial charge < -0.3 is 9.84 Å². The van der Waals surface area contributed by atoms with Crippen molar-refractivity contribution >= 4 is 0 Å². The Kier molecular flexibility index (Phi) is 3.93. The third-order valence-electron chi connectivity index (χ3n) is 3.92. The Balaban J connectivity index is 1.71. The Morgan fingerprint density at radius 3 is 2.67 bits per heavy atom. The van der Waals surface area contributed by atoms with Gasteiger partial charge in [0.25, 0.3) is 0 Å². The Hall–Kier alpha value is -1.87. The molecule has 1 fully saturated rings. The molecule has 1 aromatic heterocycles. The van der Waals surface area contributed by atoms with Crippen LogP contribution in [-0.2, 0) is 0 Å². The van der Waals surface area contributed by atoms with E-state index in [1.54, 1.807) is 12.4 Å². The highest BCUT2D eigenvalue weighted by Gasteiger charge is 2.43. The molecule has 0 aliphatic heterocycles. The van der Waals surface area contributed by atoms with Gasteiger partial charge in [0.05, 0.1) is 18.4 Å². The lowest BCUT2D eigenvalue weighted by molar-refractivity contribution is 0.150. The van der Waals surface area contributed by atoms with Crippen molar-refractivity contribution in [2.45, 2.75) is 38.4 Å². The van der Waals surface area contributed by atoms with Crippen LogP contribution in [0.15, 0.2) is 48.8 Å². The highest BCUT2D eigenvalue weighted by atomic mass is 16.5. The maximum atomic E-state index is 10.6. The lowest BCUT2D eigenvalue weighted by atomic mass is 10.0. The predicted octanol–water partition coefficient (Wildman–Crippen LogP) is 3.71. The quantitative estimate of drug-likeness (QED) is 0.909. The van der Waals surface area contributed by atoms with Crippen molar-refractivity contribution in [3.05, 3.63) is 59.9 Å². The molecule has 2 aromatic rings. The first kappa shape index (κ1) is 14.1. The number of nitrogens with zero attached hydrogens (tertiary/aromatic N) is 1. The first-order valence-corrected chi connectivity index (χ1v) is 7.50. The lowest BCUT2D eigenvalue weighted by Gasteiger charge is -2.14. The number of benzene rings is 1. The van der Waals surface area contributed by atoms with E-state index in [0.29, 0.717) is 5.92 Å². The standard InChI is InChI=1S/C18H21NO2/c1-12(2)21-15-8-14(10-19-11-15)18(20)17-9-16(17)13-6-4-3-5-7-13/h3-8,10-12,16-18,20H,9H2,1-2H3. The van der Waals surface area contributed by atoms with Crippen LogP contribution in [0.1, 0.15) is 43.4 Å². The number of aliphatic hydroxyl groups excluding tert-OH is 1. The van der Waals surface area contributed by atoms with Gasteiger partial charge in [-0.15, -0.1) is 0 Å². The smallest absolute Gasteiger partial charge is 0.138 e. The molecule has 3 rings (SSSR count). The third-order valence-corrected chi connectivity index (χ3v) is 3.92. The van der Waals surface area contributed by atoms with Gasteiger partial charge in [-0.2, -0.15) is 0 Å². The molecule has 110 valence electrons. The van der Waals surface area contributed by atoms with Crippen LogP contribution in [0, 0.1) is 5.92 Å². The summed E-state index contributed by atoms with van der Waals surface area (Å²) in [5.74, 6) is 1.46. The summed E-state index contributed by atoms with van der Waals surface area (Å²) in [7, 11) is 0. The summed E-state index contributed by atoms with van der Waals surface area (Å²) in [6, 6.07) is 12.3. The third kappa shape index (κ3) is 3.24. The van der Waals surface area contributed by atoms with E-state index in [0.717, 1.165) is 17.7 Å². The second-order valence-electron chi connectivity index (χ2n) is 5.98. The predicted molar refractivity (Wildman–Crippen MR) is 82.3 cm³/mol. The molecule has 21 heavy (non-hydrogen) atoms. The zero-order chi connectivity index (χ0) is 14.8. The minimum atomic E-state index is -0.474. The van der Waals surface area contributed by atoms with Crippen LogP contribution in [-0.4, -0.2) is 16.2 Å². The minimum Gasteiger partial charge on any atom is -0.489 e. The molecule has 3 heteroatoms. The van der Waals surface area contributed by atoms with E-state index < -0.39 is 6.10 Å². The molecule has 1 aliphatic carbocycles. The van der Waals surface area contributed by atoms with E-state index in [2.05, 4.69) is 29.2 Å². The van der Waals surface area contributed by atoms with Crippen LogP contribution in [0.4, 0.5) is 0 Å². The molecule has 1 heterocycles. The number of hydrogen-bond donors (Lipinski definition) is 1. The number of aromatic nitrogens is 1. The highest BCUT2D eigenvalue weighted by molar-refractivity contribution is 5.31. The zero-order valence-electron chi connectivity index (χ0n) is 12.4. The van der Waals surface area contributed by atoms with Crippen molar-refractivity contribution in [2.75, 3.05) is 0 Å². The first-order valence-electron chi connectivity index (χ1n) is 7.50. The molecule has 0 radical (unpaired) electrons. The second-order valence-corrected chi connectivity index (χ2v) is 5.98. The molecule has 0 spiro atoms. The maximum absolute atomic E-state index is 10.6. The van der Waals surface area contributed by atoms with E-state index in [-0.39, 0.29) is 12.0 Å². The molecular formula is C18H21NO2. The van der Waals surface area contributed by atoms with E-state index in [1.807, 2.05) is 26.0 Å². The minimum absolute atomic E-state index is 0.109. The van der Waals surface area contributed by atoms with Crippen molar-refractivity contribution in [3.63, 3.8) is 0 Å². The second kappa shape index (κ2) is 5.86. The molecule has 1 saturated carbocycles. The lowest BCUT2D eigenvalue weighted by Crippen LogP contribution is -2.07. The highest BCUT2D eigenvalue weighted by Crippen LogP contribution is 2.54. The van der Waals surface area contributed by atoms with E-state index >= 15 is 0 Å². The fourth-order valence-corrected chi connectivity index (χ4v) is 2.83. The number of hydrogen-bond acceptors (Lipinski definition) is 3. The average molecular weight is 283 g/mol. The monoisotopic (exact) mass is 283 g/mol. The molecule has 3 nitrogen and oxygen atoms in total. The van der Waals surface area contributed by atoms with Crippen molar-refractivity contribution in [3.8, 4) is 5.75 Å². The summed E-state index contributed by atoms with van der Waals surface area (Å²) in [5, 5.41) is 10.6. The molecule has 1 N–H and O–H groups in total. The summed E-state index contributed by atoms with van der Waals surface area (Å²) < 4.78 is 5.64. The molecule has 0 bridgehead atoms. The fourth-order valence-electron chi connectivity index (χ4n) is 2.83. The Labute approximate surface area is 125 Å². The average Bonchev–Trinajstić information content (AvgIpc) is 3.27. The van der Waals surface area contributed by atoms with Gasteiger partial charge in [-0.25, -0.2) is 0 Å². The van der Waals surface area contributed by atoms with Gasteiger partial charge in [0.2, 0.25) is 0 Å². The normalized spacial score (nSPS) is 22.1. The van der Waals surface area contributed by atoms with Crippen molar-refractivity contribution in [1.82, 2.24) is 4.98 Å². The van der Waals surface area contributed by atoms with Crippen molar-refractivity contribution < 1.29 is 9.84 Å². The largest absolute Gasteiger partial charge is 0.489 e. The molecule has 3 atom stereocenters. The maximum Gasteiger partial charge on any atom is 0.138 e. The summed E-state index contributed by atoms with van der Waals surface area (Å²) in [6.45, 7) is 3.96. The van der Waals surface area contributed by atoms with Gasteiger partial charge >= 0.3 is 0 Å². The summed E-state index contributed by atoms with van der Waals surface area (Å²) in [5.41, 5.74) is 2.15. The van der Waals surface area contributed by atoms with Gasteiger partial charge in [-0.3, -0.25) is 4.98 Å². The molecule has 0 saturated heterocycles. The summed E-state index contributed by atoms with van der Waals surface area (Å²) in [4.78, 5) is 4.18. The van der Waals surface area contributed by atoms with Crippen molar-refractivity contribution in [2.24, 2.45) is 5.92 Å². The van der Waals surface area contributed by atoms with Crippen LogP contribution >= 0.6 is 0 Å². The number of rotatable bonds is 5. The van der Waals surface area contributed by atoms with Crippen LogP contribution in [0.25, 0.3) is 0 Å². The summed E-state index contributed by atoms with van der Waals surface area (Å²) in [6.07, 6.45) is 4.09. The Bertz CT molecular complexity index is 597. The van der Waals surface area contributed by atoms with Gasteiger partial charge in [0, 0.05) is 11.8 Å². The Morgan fingerprint density at radius 2 is 1.95 bits per heavy atom. The molecule has 1 aromatic carbocycles. The molecule has 1 aliphatic rings. The zero-order valence-corrected chi connectivity index (χ0v) is 12.4. The number of aliphatic hydroxyl groups is 1. The first-order chi connectivity index (χ1) is 10.1. The van der Waals surface area contributed by atoms with E-state index in [9.17, 15) is 5.11 Å². The van der Waals surface area contributed by atoms with Gasteiger partial charge in [-0.05, 0) is 43.7 Å². The topological polar surface area (TPSA) is 42.4 Å². The SMILES string of the molecule is CC(C)Oc1cncc(C(O)C2CC2c2ccccc2)c1. The van der Waals surface area contributed by atoms with Gasteiger partial charge in [0.1, 0.15) is 5.75 Å². The van der Waals surface area contributed by atoms with E-state index in [4.69, 9.17) is 4.74 Å². The van der Waals surface area contributed by atoms with Crippen LogP contribution in [0.5, 0.6) is 5.75 Å². The number of pyridine rings is 1. The number of ether oxygens (including phenoxy) is 1.